The van der Waals surface area contributed by atoms with E-state index in [1.807, 2.05) is 13.2 Å². The van der Waals surface area contributed by atoms with Crippen LogP contribution in [0.4, 0.5) is 23.0 Å². The molecule has 0 radical (unpaired) electrons. The molecule has 0 bridgehead atoms. The Balaban J connectivity index is 1.42. The van der Waals surface area contributed by atoms with Crippen molar-refractivity contribution in [3.8, 4) is 0 Å². The Morgan fingerprint density at radius 3 is 2.50 bits per heavy atom. The average molecular weight is 403 g/mol. The van der Waals surface area contributed by atoms with Gasteiger partial charge in [-0.3, -0.25) is 0 Å². The van der Waals surface area contributed by atoms with Gasteiger partial charge in [-0.15, -0.1) is 0 Å². The summed E-state index contributed by atoms with van der Waals surface area (Å²) in [6.07, 6.45) is 7.04. The van der Waals surface area contributed by atoms with Gasteiger partial charge in [0.2, 0.25) is 5.95 Å². The smallest absolute Gasteiger partial charge is 0.227 e. The van der Waals surface area contributed by atoms with Crippen molar-refractivity contribution in [2.45, 2.75) is 31.6 Å². The molecule has 6 nitrogen and oxygen atoms in total. The maximum absolute atomic E-state index is 4.96. The van der Waals surface area contributed by atoms with Crippen LogP contribution in [0.25, 0.3) is 10.9 Å². The van der Waals surface area contributed by atoms with Crippen LogP contribution in [0, 0.1) is 0 Å². The van der Waals surface area contributed by atoms with Gasteiger partial charge >= 0.3 is 0 Å². The number of anilines is 4. The van der Waals surface area contributed by atoms with Gasteiger partial charge in [-0.1, -0.05) is 12.8 Å². The third-order valence-electron chi connectivity index (χ3n) is 6.43. The van der Waals surface area contributed by atoms with Crippen molar-refractivity contribution in [1.82, 2.24) is 15.3 Å². The molecule has 0 atom stereocenters. The molecular formula is C24H30N6. The van der Waals surface area contributed by atoms with Gasteiger partial charge in [-0.05, 0) is 55.2 Å². The standard InChI is InChI=1S/C24H30N6/c1-25-21-11-6-18-16-27-24(29-23(18)22(21)17-4-2-3-5-17)28-19-7-9-20(10-8-19)30-14-12-26-13-15-30/h6-11,16-17,25-26H,2-5,12-15H2,1H3,(H,27,28,29). The Morgan fingerprint density at radius 2 is 1.77 bits per heavy atom. The van der Waals surface area contributed by atoms with Crippen LogP contribution in [-0.4, -0.2) is 43.2 Å². The zero-order valence-corrected chi connectivity index (χ0v) is 17.6. The normalized spacial score (nSPS) is 17.4. The lowest BCUT2D eigenvalue weighted by Gasteiger charge is -2.29. The maximum atomic E-state index is 4.96. The van der Waals surface area contributed by atoms with Gasteiger partial charge in [0.15, 0.2) is 0 Å². The summed E-state index contributed by atoms with van der Waals surface area (Å²) in [5, 5.41) is 11.3. The van der Waals surface area contributed by atoms with Crippen molar-refractivity contribution >= 4 is 33.9 Å². The van der Waals surface area contributed by atoms with Gasteiger partial charge in [0.05, 0.1) is 5.52 Å². The van der Waals surface area contributed by atoms with Gasteiger partial charge in [0.25, 0.3) is 0 Å². The molecular weight excluding hydrogens is 372 g/mol. The van der Waals surface area contributed by atoms with Gasteiger partial charge in [0.1, 0.15) is 0 Å². The summed E-state index contributed by atoms with van der Waals surface area (Å²) in [4.78, 5) is 11.9. The molecule has 1 aliphatic heterocycles. The number of benzene rings is 2. The summed E-state index contributed by atoms with van der Waals surface area (Å²) in [7, 11) is 2.00. The molecule has 2 heterocycles. The first-order chi connectivity index (χ1) is 14.8. The Bertz CT molecular complexity index is 1000. The van der Waals surface area contributed by atoms with E-state index in [0.717, 1.165) is 42.8 Å². The van der Waals surface area contributed by atoms with Gasteiger partial charge in [-0.25, -0.2) is 9.97 Å². The lowest BCUT2D eigenvalue weighted by Crippen LogP contribution is -2.43. The van der Waals surface area contributed by atoms with Gasteiger partial charge in [0, 0.05) is 67.4 Å². The number of nitrogens with zero attached hydrogens (tertiary/aromatic N) is 3. The molecule has 0 unspecified atom stereocenters. The molecule has 30 heavy (non-hydrogen) atoms. The van der Waals surface area contributed by atoms with Crippen LogP contribution < -0.4 is 20.9 Å². The first-order valence-electron chi connectivity index (χ1n) is 11.1. The zero-order chi connectivity index (χ0) is 20.3. The SMILES string of the molecule is CNc1ccc2cnc(Nc3ccc(N4CCNCC4)cc3)nc2c1C1CCCC1. The Hall–Kier alpha value is -2.86. The highest BCUT2D eigenvalue weighted by atomic mass is 15.2. The third-order valence-corrected chi connectivity index (χ3v) is 6.43. The quantitative estimate of drug-likeness (QED) is 0.585. The molecule has 1 aliphatic carbocycles. The minimum Gasteiger partial charge on any atom is -0.388 e. The highest BCUT2D eigenvalue weighted by Gasteiger charge is 2.23. The Labute approximate surface area is 178 Å². The fourth-order valence-corrected chi connectivity index (χ4v) is 4.83. The second-order valence-electron chi connectivity index (χ2n) is 8.30. The van der Waals surface area contributed by atoms with E-state index in [4.69, 9.17) is 4.98 Å². The highest BCUT2D eigenvalue weighted by molar-refractivity contribution is 5.88. The van der Waals surface area contributed by atoms with E-state index in [1.54, 1.807) is 0 Å². The number of hydrogen-bond acceptors (Lipinski definition) is 6. The first-order valence-corrected chi connectivity index (χ1v) is 11.1. The molecule has 2 aliphatic rings. The molecule has 0 spiro atoms. The molecule has 3 aromatic rings. The Morgan fingerprint density at radius 1 is 1.00 bits per heavy atom. The number of hydrogen-bond donors (Lipinski definition) is 3. The van der Waals surface area contributed by atoms with Crippen molar-refractivity contribution in [2.75, 3.05) is 48.8 Å². The van der Waals surface area contributed by atoms with Crippen LogP contribution in [0.1, 0.15) is 37.2 Å². The minimum atomic E-state index is 0.581. The predicted octanol–water partition coefficient (Wildman–Crippen LogP) is 4.48. The number of piperazine rings is 1. The van der Waals surface area contributed by atoms with Crippen molar-refractivity contribution in [3.05, 3.63) is 48.2 Å². The number of rotatable bonds is 5. The molecule has 0 amide bonds. The summed E-state index contributed by atoms with van der Waals surface area (Å²) in [5.74, 6) is 1.24. The topological polar surface area (TPSA) is 65.1 Å². The Kier molecular flexibility index (Phi) is 5.41. The van der Waals surface area contributed by atoms with E-state index in [0.29, 0.717) is 11.9 Å². The van der Waals surface area contributed by atoms with Crippen molar-refractivity contribution in [3.63, 3.8) is 0 Å². The number of aromatic nitrogens is 2. The second kappa shape index (κ2) is 8.48. The van der Waals surface area contributed by atoms with E-state index in [-0.39, 0.29) is 0 Å². The van der Waals surface area contributed by atoms with Crippen LogP contribution in [0.3, 0.4) is 0 Å². The van der Waals surface area contributed by atoms with E-state index >= 15 is 0 Å². The van der Waals surface area contributed by atoms with Crippen LogP contribution in [0.5, 0.6) is 0 Å². The van der Waals surface area contributed by atoms with Crippen LogP contribution in [0.2, 0.25) is 0 Å². The van der Waals surface area contributed by atoms with E-state index in [2.05, 4.69) is 62.2 Å². The van der Waals surface area contributed by atoms with Crippen molar-refractivity contribution in [1.29, 1.82) is 0 Å². The van der Waals surface area contributed by atoms with E-state index < -0.39 is 0 Å². The largest absolute Gasteiger partial charge is 0.388 e. The fourth-order valence-electron chi connectivity index (χ4n) is 4.83. The molecule has 3 N–H and O–H groups in total. The maximum Gasteiger partial charge on any atom is 0.227 e. The molecule has 1 saturated carbocycles. The summed E-state index contributed by atoms with van der Waals surface area (Å²) in [6, 6.07) is 12.9. The second-order valence-corrected chi connectivity index (χ2v) is 8.30. The zero-order valence-electron chi connectivity index (χ0n) is 17.6. The van der Waals surface area contributed by atoms with Crippen LogP contribution in [-0.2, 0) is 0 Å². The molecule has 156 valence electrons. The summed E-state index contributed by atoms with van der Waals surface area (Å²) >= 11 is 0. The molecule has 2 aromatic carbocycles. The van der Waals surface area contributed by atoms with E-state index in [9.17, 15) is 0 Å². The van der Waals surface area contributed by atoms with Crippen molar-refractivity contribution < 1.29 is 0 Å². The monoisotopic (exact) mass is 402 g/mol. The summed E-state index contributed by atoms with van der Waals surface area (Å²) in [6.45, 7) is 4.20. The predicted molar refractivity (Wildman–Crippen MR) is 125 cm³/mol. The summed E-state index contributed by atoms with van der Waals surface area (Å²) in [5.41, 5.74) is 5.90. The third kappa shape index (κ3) is 3.79. The molecule has 1 saturated heterocycles. The first kappa shape index (κ1) is 19.1. The average Bonchev–Trinajstić information content (AvgIpc) is 3.34. The van der Waals surface area contributed by atoms with Crippen molar-refractivity contribution in [2.24, 2.45) is 0 Å². The van der Waals surface area contributed by atoms with Crippen LogP contribution in [0.15, 0.2) is 42.6 Å². The van der Waals surface area contributed by atoms with Crippen LogP contribution >= 0.6 is 0 Å². The molecule has 6 heteroatoms. The summed E-state index contributed by atoms with van der Waals surface area (Å²) < 4.78 is 0. The number of fused-ring (bicyclic) bond motifs is 1. The molecule has 2 fully saturated rings. The van der Waals surface area contributed by atoms with E-state index in [1.165, 1.54) is 42.6 Å². The lowest BCUT2D eigenvalue weighted by atomic mass is 9.93. The van der Waals surface area contributed by atoms with Gasteiger partial charge in [-0.2, -0.15) is 0 Å². The van der Waals surface area contributed by atoms with Gasteiger partial charge < -0.3 is 20.9 Å². The molecule has 5 rings (SSSR count). The molecule has 1 aromatic heterocycles. The fraction of sp³-hybridized carbons (Fsp3) is 0.417. The number of nitrogens with one attached hydrogen (secondary N) is 3. The minimum absolute atomic E-state index is 0.581. The lowest BCUT2D eigenvalue weighted by molar-refractivity contribution is 0.589. The highest BCUT2D eigenvalue weighted by Crippen LogP contribution is 2.41.